The Labute approximate surface area is 184 Å². The molecule has 0 saturated heterocycles. The number of sulfonamides is 1. The third-order valence-electron chi connectivity index (χ3n) is 5.02. The van der Waals surface area contributed by atoms with E-state index in [1.165, 1.54) is 4.57 Å². The predicted octanol–water partition coefficient (Wildman–Crippen LogP) is 3.96. The van der Waals surface area contributed by atoms with Gasteiger partial charge in [-0.2, -0.15) is 5.26 Å². The zero-order valence-electron chi connectivity index (χ0n) is 17.4. The number of ether oxygens (including phenoxy) is 1. The third-order valence-corrected chi connectivity index (χ3v) is 6.33. The number of rotatable bonds is 6. The number of benzene rings is 2. The van der Waals surface area contributed by atoms with Gasteiger partial charge < -0.3 is 14.3 Å². The highest BCUT2D eigenvalue weighted by Gasteiger charge is 2.17. The number of anilines is 1. The second-order valence-corrected chi connectivity index (χ2v) is 9.19. The lowest BCUT2D eigenvalue weighted by Gasteiger charge is -2.15. The molecule has 0 unspecified atom stereocenters. The first kappa shape index (κ1) is 21.2. The van der Waals surface area contributed by atoms with Crippen LogP contribution in [0.15, 0.2) is 65.7 Å². The first-order valence-corrected chi connectivity index (χ1v) is 11.5. The highest BCUT2D eigenvalue weighted by Crippen LogP contribution is 2.38. The topological polar surface area (TPSA) is 117 Å². The van der Waals surface area contributed by atoms with Crippen molar-refractivity contribution in [2.24, 2.45) is 7.05 Å². The minimum absolute atomic E-state index is 0.0630. The summed E-state index contributed by atoms with van der Waals surface area (Å²) in [5.41, 5.74) is 2.62. The van der Waals surface area contributed by atoms with E-state index in [0.29, 0.717) is 44.8 Å². The third kappa shape index (κ3) is 4.08. The standard InChI is InChI=1S/C23H20N4O4S/c1-3-32(29,30)26-16-6-9-21(31-17-7-4-15(13-24)5-8-17)19(12-16)20-14-27(2)23(28)18-10-11-25-22(18)20/h4-12,14,25-26H,3H2,1-2H3. The second-order valence-electron chi connectivity index (χ2n) is 7.18. The number of hydrogen-bond acceptors (Lipinski definition) is 5. The fraction of sp³-hybridized carbons (Fsp3) is 0.130. The maximum atomic E-state index is 12.5. The molecule has 0 fully saturated rings. The minimum atomic E-state index is -3.48. The Morgan fingerprint density at radius 3 is 2.56 bits per heavy atom. The van der Waals surface area contributed by atoms with Crippen LogP contribution in [0.3, 0.4) is 0 Å². The molecule has 2 N–H and O–H groups in total. The van der Waals surface area contributed by atoms with Gasteiger partial charge >= 0.3 is 0 Å². The number of pyridine rings is 1. The SMILES string of the molecule is CCS(=O)(=O)Nc1ccc(Oc2ccc(C#N)cc2)c(-c2cn(C)c(=O)c3cc[nH]c23)c1. The van der Waals surface area contributed by atoms with Gasteiger partial charge in [0.2, 0.25) is 10.0 Å². The van der Waals surface area contributed by atoms with E-state index < -0.39 is 10.0 Å². The van der Waals surface area contributed by atoms with Crippen molar-refractivity contribution < 1.29 is 13.2 Å². The molecule has 4 rings (SSSR count). The number of hydrogen-bond donors (Lipinski definition) is 2. The van der Waals surface area contributed by atoms with Gasteiger partial charge in [0.25, 0.3) is 5.56 Å². The molecule has 9 heteroatoms. The maximum absolute atomic E-state index is 12.5. The van der Waals surface area contributed by atoms with Crippen LogP contribution in [0.5, 0.6) is 11.5 Å². The van der Waals surface area contributed by atoms with Crippen LogP contribution in [-0.4, -0.2) is 23.7 Å². The molecule has 2 heterocycles. The summed E-state index contributed by atoms with van der Waals surface area (Å²) in [5, 5.41) is 9.51. The summed E-state index contributed by atoms with van der Waals surface area (Å²) in [5.74, 6) is 0.912. The molecule has 0 bridgehead atoms. The Kier molecular flexibility index (Phi) is 5.47. The van der Waals surface area contributed by atoms with Crippen LogP contribution < -0.4 is 15.0 Å². The van der Waals surface area contributed by atoms with Crippen molar-refractivity contribution in [1.82, 2.24) is 9.55 Å². The van der Waals surface area contributed by atoms with Crippen LogP contribution in [0.4, 0.5) is 5.69 Å². The highest BCUT2D eigenvalue weighted by atomic mass is 32.2. The quantitative estimate of drug-likeness (QED) is 0.463. The molecule has 0 aliphatic carbocycles. The first-order valence-electron chi connectivity index (χ1n) is 9.81. The molecule has 0 radical (unpaired) electrons. The van der Waals surface area contributed by atoms with E-state index in [-0.39, 0.29) is 11.3 Å². The number of nitriles is 1. The molecule has 2 aromatic carbocycles. The zero-order valence-corrected chi connectivity index (χ0v) is 18.2. The van der Waals surface area contributed by atoms with Gasteiger partial charge in [-0.1, -0.05) is 0 Å². The van der Waals surface area contributed by atoms with Crippen molar-refractivity contribution in [3.05, 3.63) is 76.8 Å². The van der Waals surface area contributed by atoms with E-state index in [2.05, 4.69) is 15.8 Å². The zero-order chi connectivity index (χ0) is 22.9. The molecule has 8 nitrogen and oxygen atoms in total. The first-order chi connectivity index (χ1) is 15.3. The lowest BCUT2D eigenvalue weighted by atomic mass is 10.0. The fourth-order valence-corrected chi connectivity index (χ4v) is 3.98. The fourth-order valence-electron chi connectivity index (χ4n) is 3.35. The Bertz CT molecular complexity index is 1510. The highest BCUT2D eigenvalue weighted by molar-refractivity contribution is 7.92. The number of nitrogens with one attached hydrogen (secondary N) is 2. The average Bonchev–Trinajstić information content (AvgIpc) is 3.28. The van der Waals surface area contributed by atoms with Crippen LogP contribution in [0.1, 0.15) is 12.5 Å². The molecule has 0 aliphatic heterocycles. The number of aromatic nitrogens is 2. The molecule has 0 saturated carbocycles. The molecule has 2 aromatic heterocycles. The van der Waals surface area contributed by atoms with Crippen molar-refractivity contribution in [3.63, 3.8) is 0 Å². The van der Waals surface area contributed by atoms with Crippen LogP contribution in [0.2, 0.25) is 0 Å². The summed E-state index contributed by atoms with van der Waals surface area (Å²) >= 11 is 0. The van der Waals surface area contributed by atoms with Gasteiger partial charge in [0.1, 0.15) is 11.5 Å². The molecule has 162 valence electrons. The van der Waals surface area contributed by atoms with E-state index in [0.717, 1.165) is 0 Å². The van der Waals surface area contributed by atoms with Crippen molar-refractivity contribution in [2.45, 2.75) is 6.92 Å². The number of aromatic amines is 1. The maximum Gasteiger partial charge on any atom is 0.259 e. The Morgan fingerprint density at radius 1 is 1.12 bits per heavy atom. The molecule has 32 heavy (non-hydrogen) atoms. The van der Waals surface area contributed by atoms with E-state index in [9.17, 15) is 13.2 Å². The predicted molar refractivity (Wildman–Crippen MR) is 123 cm³/mol. The van der Waals surface area contributed by atoms with Crippen molar-refractivity contribution in [1.29, 1.82) is 5.26 Å². The van der Waals surface area contributed by atoms with Crippen LogP contribution in [-0.2, 0) is 17.1 Å². The Hall–Kier alpha value is -4.03. The van der Waals surface area contributed by atoms with Crippen LogP contribution in [0, 0.1) is 11.3 Å². The van der Waals surface area contributed by atoms with E-state index in [1.807, 2.05) is 0 Å². The van der Waals surface area contributed by atoms with Crippen molar-refractivity contribution in [3.8, 4) is 28.7 Å². The summed E-state index contributed by atoms with van der Waals surface area (Å²) in [7, 11) is -1.83. The van der Waals surface area contributed by atoms with Gasteiger partial charge in [-0.25, -0.2) is 8.42 Å². The van der Waals surface area contributed by atoms with Gasteiger partial charge in [0, 0.05) is 36.3 Å². The smallest absolute Gasteiger partial charge is 0.259 e. The summed E-state index contributed by atoms with van der Waals surface area (Å²) < 4.78 is 34.3. The molecular formula is C23H20N4O4S. The van der Waals surface area contributed by atoms with Crippen molar-refractivity contribution >= 4 is 26.6 Å². The van der Waals surface area contributed by atoms with Gasteiger partial charge in [0.05, 0.1) is 28.3 Å². The number of aryl methyl sites for hydroxylation is 1. The molecule has 0 spiro atoms. The normalized spacial score (nSPS) is 11.3. The number of nitrogens with zero attached hydrogens (tertiary/aromatic N) is 2. The largest absolute Gasteiger partial charge is 0.457 e. The van der Waals surface area contributed by atoms with Gasteiger partial charge in [0.15, 0.2) is 0 Å². The van der Waals surface area contributed by atoms with E-state index >= 15 is 0 Å². The monoisotopic (exact) mass is 448 g/mol. The van der Waals surface area contributed by atoms with Crippen molar-refractivity contribution in [2.75, 3.05) is 10.5 Å². The number of H-pyrrole nitrogens is 1. The summed E-state index contributed by atoms with van der Waals surface area (Å²) in [4.78, 5) is 15.6. The lowest BCUT2D eigenvalue weighted by Crippen LogP contribution is -2.16. The summed E-state index contributed by atoms with van der Waals surface area (Å²) in [6, 6.07) is 15.4. The summed E-state index contributed by atoms with van der Waals surface area (Å²) in [6.45, 7) is 1.56. The lowest BCUT2D eigenvalue weighted by molar-refractivity contribution is 0.484. The van der Waals surface area contributed by atoms with Gasteiger partial charge in [-0.3, -0.25) is 9.52 Å². The molecule has 0 atom stereocenters. The number of fused-ring (bicyclic) bond motifs is 1. The molecule has 4 aromatic rings. The van der Waals surface area contributed by atoms with Crippen LogP contribution in [0.25, 0.3) is 22.0 Å². The molecular weight excluding hydrogens is 428 g/mol. The summed E-state index contributed by atoms with van der Waals surface area (Å²) in [6.07, 6.45) is 3.36. The molecule has 0 aliphatic rings. The molecule has 0 amide bonds. The van der Waals surface area contributed by atoms with E-state index in [4.69, 9.17) is 10.00 Å². The van der Waals surface area contributed by atoms with Gasteiger partial charge in [-0.05, 0) is 55.5 Å². The Morgan fingerprint density at radius 2 is 1.88 bits per heavy atom. The van der Waals surface area contributed by atoms with Crippen LogP contribution >= 0.6 is 0 Å². The Balaban J connectivity index is 1.89. The van der Waals surface area contributed by atoms with E-state index in [1.54, 1.807) is 74.9 Å². The minimum Gasteiger partial charge on any atom is -0.457 e. The van der Waals surface area contributed by atoms with Gasteiger partial charge in [-0.15, -0.1) is 0 Å². The average molecular weight is 449 g/mol. The second kappa shape index (κ2) is 8.24.